The molecule has 0 aromatic heterocycles. The van der Waals surface area contributed by atoms with Gasteiger partial charge in [-0.15, -0.1) is 0 Å². The van der Waals surface area contributed by atoms with E-state index in [1.165, 1.54) is 6.07 Å². The molecule has 2 aromatic carbocycles. The van der Waals surface area contributed by atoms with E-state index in [1.54, 1.807) is 19.1 Å². The largest absolute Gasteiger partial charge is 0.478 e. The lowest BCUT2D eigenvalue weighted by Gasteiger charge is -2.18. The molecule has 124 valence electrons. The van der Waals surface area contributed by atoms with Crippen molar-refractivity contribution in [3.63, 3.8) is 0 Å². The lowest BCUT2D eigenvalue weighted by molar-refractivity contribution is -0.118. The zero-order valence-corrected chi connectivity index (χ0v) is 14.3. The van der Waals surface area contributed by atoms with Crippen LogP contribution in [-0.4, -0.2) is 17.0 Å². The van der Waals surface area contributed by atoms with E-state index in [0.29, 0.717) is 16.3 Å². The van der Waals surface area contributed by atoms with Gasteiger partial charge in [0.2, 0.25) is 5.91 Å². The monoisotopic (exact) mass is 343 g/mol. The minimum atomic E-state index is -1.00. The highest BCUT2D eigenvalue weighted by molar-refractivity contribution is 6.30. The summed E-state index contributed by atoms with van der Waals surface area (Å²) in [6, 6.07) is 10.6. The molecule has 1 amide bonds. The number of amides is 1. The minimum absolute atomic E-state index is 0.118. The average molecular weight is 344 g/mol. The summed E-state index contributed by atoms with van der Waals surface area (Å²) in [6.45, 7) is 3.60. The van der Waals surface area contributed by atoms with Gasteiger partial charge in [-0.2, -0.15) is 0 Å². The van der Waals surface area contributed by atoms with Gasteiger partial charge in [0.15, 0.2) is 0 Å². The van der Waals surface area contributed by atoms with Crippen LogP contribution < -0.4 is 5.32 Å². The second-order valence-electron chi connectivity index (χ2n) is 6.33. The van der Waals surface area contributed by atoms with Gasteiger partial charge in [0.25, 0.3) is 0 Å². The topological polar surface area (TPSA) is 66.4 Å². The number of carboxylic acids is 1. The van der Waals surface area contributed by atoms with Gasteiger partial charge < -0.3 is 10.4 Å². The molecule has 0 bridgehead atoms. The zero-order valence-electron chi connectivity index (χ0n) is 13.5. The summed E-state index contributed by atoms with van der Waals surface area (Å²) in [5, 5.41) is 12.8. The molecule has 1 saturated carbocycles. The number of carboxylic acid groups (broad SMARTS) is 1. The molecule has 5 heteroatoms. The Labute approximate surface area is 145 Å². The van der Waals surface area contributed by atoms with E-state index in [9.17, 15) is 14.7 Å². The lowest BCUT2D eigenvalue weighted by Crippen LogP contribution is -2.28. The maximum absolute atomic E-state index is 12.8. The number of benzene rings is 2. The molecule has 2 N–H and O–H groups in total. The van der Waals surface area contributed by atoms with Crippen LogP contribution in [0.2, 0.25) is 5.02 Å². The lowest BCUT2D eigenvalue weighted by atomic mass is 9.94. The molecule has 4 nitrogen and oxygen atoms in total. The van der Waals surface area contributed by atoms with E-state index in [-0.39, 0.29) is 11.5 Å². The molecular formula is C19H18ClNO3. The van der Waals surface area contributed by atoms with Crippen LogP contribution >= 0.6 is 11.6 Å². The zero-order chi connectivity index (χ0) is 17.5. The summed E-state index contributed by atoms with van der Waals surface area (Å²) in [5.41, 5.74) is 2.59. The number of carbonyl (C=O) groups excluding carboxylic acids is 1. The van der Waals surface area contributed by atoms with Gasteiger partial charge in [-0.1, -0.05) is 29.8 Å². The van der Waals surface area contributed by atoms with Crippen LogP contribution in [0.1, 0.15) is 39.9 Å². The van der Waals surface area contributed by atoms with Gasteiger partial charge in [0.05, 0.1) is 11.0 Å². The number of aryl methyl sites for hydroxylation is 2. The fourth-order valence-electron chi connectivity index (χ4n) is 3.02. The summed E-state index contributed by atoms with van der Waals surface area (Å²) in [4.78, 5) is 24.1. The van der Waals surface area contributed by atoms with Crippen molar-refractivity contribution in [3.8, 4) is 0 Å². The highest BCUT2D eigenvalue weighted by atomic mass is 35.5. The smallest absolute Gasteiger partial charge is 0.336 e. The number of halogens is 1. The fraction of sp³-hybridized carbons (Fsp3) is 0.263. The van der Waals surface area contributed by atoms with Crippen LogP contribution in [0.3, 0.4) is 0 Å². The van der Waals surface area contributed by atoms with Crippen LogP contribution in [0.4, 0.5) is 5.69 Å². The molecule has 0 aliphatic heterocycles. The second kappa shape index (κ2) is 5.95. The number of anilines is 1. The Kier molecular flexibility index (Phi) is 4.10. The molecule has 0 unspecified atom stereocenters. The molecule has 0 saturated heterocycles. The van der Waals surface area contributed by atoms with Crippen LogP contribution in [0.15, 0.2) is 36.4 Å². The Morgan fingerprint density at radius 1 is 1.12 bits per heavy atom. The fourth-order valence-corrected chi connectivity index (χ4v) is 3.21. The predicted octanol–water partition coefficient (Wildman–Crippen LogP) is 4.33. The highest BCUT2D eigenvalue weighted by Gasteiger charge is 2.51. The molecule has 3 rings (SSSR count). The van der Waals surface area contributed by atoms with E-state index >= 15 is 0 Å². The van der Waals surface area contributed by atoms with Crippen LogP contribution in [0.25, 0.3) is 0 Å². The number of carbonyl (C=O) groups is 2. The number of nitrogens with one attached hydrogen (secondary N) is 1. The third-order valence-corrected chi connectivity index (χ3v) is 4.85. The van der Waals surface area contributed by atoms with Gasteiger partial charge in [-0.05, 0) is 61.6 Å². The number of rotatable bonds is 4. The summed E-state index contributed by atoms with van der Waals surface area (Å²) in [6.07, 6.45) is 1.52. The molecule has 0 atom stereocenters. The first kappa shape index (κ1) is 16.5. The molecular weight excluding hydrogens is 326 g/mol. The molecule has 1 aliphatic carbocycles. The van der Waals surface area contributed by atoms with E-state index in [0.717, 1.165) is 24.0 Å². The second-order valence-corrected chi connectivity index (χ2v) is 6.77. The summed E-state index contributed by atoms with van der Waals surface area (Å²) >= 11 is 6.04. The van der Waals surface area contributed by atoms with Gasteiger partial charge in [-0.25, -0.2) is 4.79 Å². The van der Waals surface area contributed by atoms with E-state index < -0.39 is 11.4 Å². The minimum Gasteiger partial charge on any atom is -0.478 e. The number of hydrogen-bond acceptors (Lipinski definition) is 2. The first-order chi connectivity index (χ1) is 11.3. The standard InChI is InChI=1S/C19H18ClNO3/c1-11-8-12(2)16(10-15(11)17(22)23)21-18(24)19(6-7-19)13-4-3-5-14(20)9-13/h3-5,8-10H,6-7H2,1-2H3,(H,21,24)(H,22,23). The molecule has 0 spiro atoms. The Balaban J connectivity index is 1.90. The van der Waals surface area contributed by atoms with E-state index in [1.807, 2.05) is 25.1 Å². The van der Waals surface area contributed by atoms with E-state index in [2.05, 4.69) is 5.32 Å². The van der Waals surface area contributed by atoms with Gasteiger partial charge in [-0.3, -0.25) is 4.79 Å². The maximum Gasteiger partial charge on any atom is 0.336 e. The SMILES string of the molecule is Cc1cc(C)c(C(=O)O)cc1NC(=O)C1(c2cccc(Cl)c2)CC1. The summed E-state index contributed by atoms with van der Waals surface area (Å²) in [7, 11) is 0. The Hall–Kier alpha value is -2.33. The van der Waals surface area contributed by atoms with Crippen LogP contribution in [0, 0.1) is 13.8 Å². The van der Waals surface area contributed by atoms with Gasteiger partial charge in [0.1, 0.15) is 0 Å². The molecule has 2 aromatic rings. The Morgan fingerprint density at radius 2 is 1.83 bits per heavy atom. The first-order valence-electron chi connectivity index (χ1n) is 7.75. The molecule has 0 radical (unpaired) electrons. The Morgan fingerprint density at radius 3 is 2.42 bits per heavy atom. The Bertz CT molecular complexity index is 841. The van der Waals surface area contributed by atoms with Gasteiger partial charge in [0, 0.05) is 10.7 Å². The third-order valence-electron chi connectivity index (χ3n) is 4.61. The number of aromatic carboxylic acids is 1. The van der Waals surface area contributed by atoms with Crippen molar-refractivity contribution in [2.45, 2.75) is 32.1 Å². The van der Waals surface area contributed by atoms with Crippen LogP contribution in [0.5, 0.6) is 0 Å². The molecule has 24 heavy (non-hydrogen) atoms. The molecule has 0 heterocycles. The van der Waals surface area contributed by atoms with E-state index in [4.69, 9.17) is 11.6 Å². The van der Waals surface area contributed by atoms with Crippen molar-refractivity contribution >= 4 is 29.2 Å². The van der Waals surface area contributed by atoms with Crippen molar-refractivity contribution in [1.29, 1.82) is 0 Å². The normalized spacial score (nSPS) is 15.0. The first-order valence-corrected chi connectivity index (χ1v) is 8.13. The van der Waals surface area contributed by atoms with Crippen molar-refractivity contribution in [3.05, 3.63) is 63.7 Å². The van der Waals surface area contributed by atoms with Crippen molar-refractivity contribution in [2.75, 3.05) is 5.32 Å². The third kappa shape index (κ3) is 2.89. The van der Waals surface area contributed by atoms with Crippen LogP contribution in [-0.2, 0) is 10.2 Å². The quantitative estimate of drug-likeness (QED) is 0.868. The number of hydrogen-bond donors (Lipinski definition) is 2. The predicted molar refractivity (Wildman–Crippen MR) is 93.9 cm³/mol. The van der Waals surface area contributed by atoms with Crippen molar-refractivity contribution < 1.29 is 14.7 Å². The molecule has 1 aliphatic rings. The van der Waals surface area contributed by atoms with Crippen molar-refractivity contribution in [2.24, 2.45) is 0 Å². The highest BCUT2D eigenvalue weighted by Crippen LogP contribution is 2.49. The van der Waals surface area contributed by atoms with Crippen molar-refractivity contribution in [1.82, 2.24) is 0 Å². The van der Waals surface area contributed by atoms with Gasteiger partial charge >= 0.3 is 5.97 Å². The average Bonchev–Trinajstić information content (AvgIpc) is 3.31. The molecule has 1 fully saturated rings. The maximum atomic E-state index is 12.8. The summed E-state index contributed by atoms with van der Waals surface area (Å²) < 4.78 is 0. The summed E-state index contributed by atoms with van der Waals surface area (Å²) in [5.74, 6) is -1.12.